The maximum absolute atomic E-state index is 12.0. The largest absolute Gasteiger partial charge is 0.494 e. The summed E-state index contributed by atoms with van der Waals surface area (Å²) in [4.78, 5) is 15.9. The fourth-order valence-corrected chi connectivity index (χ4v) is 1.61. The summed E-state index contributed by atoms with van der Waals surface area (Å²) >= 11 is 0. The lowest BCUT2D eigenvalue weighted by Crippen LogP contribution is -2.12. The van der Waals surface area contributed by atoms with Gasteiger partial charge in [-0.1, -0.05) is 13.3 Å². The number of benzene rings is 1. The number of anilines is 1. The highest BCUT2D eigenvalue weighted by atomic mass is 16.5. The first-order valence-corrected chi connectivity index (χ1v) is 6.73. The number of nitrogens with one attached hydrogen (secondary N) is 2. The van der Waals surface area contributed by atoms with Gasteiger partial charge in [-0.25, -0.2) is 5.10 Å². The van der Waals surface area contributed by atoms with Crippen molar-refractivity contribution in [2.24, 2.45) is 0 Å². The van der Waals surface area contributed by atoms with Crippen LogP contribution in [0.1, 0.15) is 30.1 Å². The molecule has 0 atom stereocenters. The number of ether oxygens (including phenoxy) is 2. The van der Waals surface area contributed by atoms with Gasteiger partial charge >= 0.3 is 6.01 Å². The van der Waals surface area contributed by atoms with Crippen LogP contribution in [-0.4, -0.2) is 34.8 Å². The summed E-state index contributed by atoms with van der Waals surface area (Å²) in [5.74, 6) is 0.704. The van der Waals surface area contributed by atoms with E-state index >= 15 is 0 Å². The Morgan fingerprint density at radius 3 is 2.71 bits per heavy atom. The van der Waals surface area contributed by atoms with Gasteiger partial charge in [0, 0.05) is 5.56 Å². The minimum atomic E-state index is -0.283. The molecular formula is C14H18N4O3. The van der Waals surface area contributed by atoms with Crippen molar-refractivity contribution in [3.8, 4) is 11.8 Å². The van der Waals surface area contributed by atoms with Gasteiger partial charge in [0.1, 0.15) is 5.75 Å². The van der Waals surface area contributed by atoms with E-state index in [-0.39, 0.29) is 17.9 Å². The van der Waals surface area contributed by atoms with Crippen molar-refractivity contribution >= 4 is 11.9 Å². The molecule has 2 rings (SSSR count). The van der Waals surface area contributed by atoms with Crippen molar-refractivity contribution in [1.82, 2.24) is 15.2 Å². The number of unbranched alkanes of at least 4 members (excludes halogenated alkanes) is 1. The van der Waals surface area contributed by atoms with E-state index in [4.69, 9.17) is 9.47 Å². The third-order valence-corrected chi connectivity index (χ3v) is 2.76. The molecule has 0 saturated heterocycles. The van der Waals surface area contributed by atoms with E-state index in [1.165, 1.54) is 7.11 Å². The molecule has 0 aliphatic carbocycles. The molecule has 0 bridgehead atoms. The molecule has 0 saturated carbocycles. The summed E-state index contributed by atoms with van der Waals surface area (Å²) in [5, 5.41) is 8.90. The zero-order valence-electron chi connectivity index (χ0n) is 12.0. The fraction of sp³-hybridized carbons (Fsp3) is 0.357. The highest BCUT2D eigenvalue weighted by Gasteiger charge is 2.09. The van der Waals surface area contributed by atoms with E-state index in [9.17, 15) is 4.79 Å². The van der Waals surface area contributed by atoms with Crippen LogP contribution >= 0.6 is 0 Å². The summed E-state index contributed by atoms with van der Waals surface area (Å²) in [6.07, 6.45) is 2.09. The monoisotopic (exact) mass is 290 g/mol. The number of amides is 1. The van der Waals surface area contributed by atoms with E-state index in [2.05, 4.69) is 27.4 Å². The Bertz CT molecular complexity index is 580. The molecule has 0 aliphatic rings. The van der Waals surface area contributed by atoms with Gasteiger partial charge in [0.25, 0.3) is 5.91 Å². The van der Waals surface area contributed by atoms with Gasteiger partial charge in [0.2, 0.25) is 5.95 Å². The van der Waals surface area contributed by atoms with Gasteiger partial charge in [-0.15, -0.1) is 5.10 Å². The molecule has 0 unspecified atom stereocenters. The minimum Gasteiger partial charge on any atom is -0.494 e. The molecular weight excluding hydrogens is 272 g/mol. The Balaban J connectivity index is 1.93. The molecule has 0 fully saturated rings. The second-order valence-corrected chi connectivity index (χ2v) is 4.35. The lowest BCUT2D eigenvalue weighted by molar-refractivity contribution is 0.102. The van der Waals surface area contributed by atoms with Crippen LogP contribution in [0.5, 0.6) is 11.8 Å². The lowest BCUT2D eigenvalue weighted by atomic mass is 10.2. The zero-order chi connectivity index (χ0) is 15.1. The van der Waals surface area contributed by atoms with Crippen LogP contribution in [0.25, 0.3) is 0 Å². The van der Waals surface area contributed by atoms with Crippen LogP contribution in [0.4, 0.5) is 5.95 Å². The van der Waals surface area contributed by atoms with Gasteiger partial charge in [-0.05, 0) is 30.7 Å². The number of nitrogens with zero attached hydrogens (tertiary/aromatic N) is 2. The normalized spacial score (nSPS) is 10.2. The maximum Gasteiger partial charge on any atom is 0.336 e. The van der Waals surface area contributed by atoms with Crippen LogP contribution in [0.3, 0.4) is 0 Å². The summed E-state index contributed by atoms with van der Waals surface area (Å²) in [6.45, 7) is 2.79. The number of rotatable bonds is 7. The van der Waals surface area contributed by atoms with Crippen LogP contribution in [0, 0.1) is 0 Å². The zero-order valence-corrected chi connectivity index (χ0v) is 12.0. The number of methoxy groups -OCH3 is 1. The number of aromatic amines is 1. The molecule has 2 N–H and O–H groups in total. The fourth-order valence-electron chi connectivity index (χ4n) is 1.61. The standard InChI is InChI=1S/C14H18N4O3/c1-3-4-9-21-11-7-5-10(6-8-11)12(19)15-13-16-14(20-2)18-17-13/h5-8H,3-4,9H2,1-2H3,(H2,15,16,17,18,19). The van der Waals surface area contributed by atoms with Crippen LogP contribution in [0.2, 0.25) is 0 Å². The molecule has 1 aromatic heterocycles. The quantitative estimate of drug-likeness (QED) is 0.763. The van der Waals surface area contributed by atoms with Crippen molar-refractivity contribution in [2.75, 3.05) is 19.0 Å². The Hall–Kier alpha value is -2.57. The molecule has 7 nitrogen and oxygen atoms in total. The van der Waals surface area contributed by atoms with E-state index < -0.39 is 0 Å². The predicted molar refractivity (Wildman–Crippen MR) is 77.7 cm³/mol. The van der Waals surface area contributed by atoms with Crippen molar-refractivity contribution in [1.29, 1.82) is 0 Å². The molecule has 0 radical (unpaired) electrons. The number of carbonyl (C=O) groups is 1. The molecule has 1 amide bonds. The second-order valence-electron chi connectivity index (χ2n) is 4.35. The lowest BCUT2D eigenvalue weighted by Gasteiger charge is -2.06. The van der Waals surface area contributed by atoms with Crippen molar-refractivity contribution in [2.45, 2.75) is 19.8 Å². The van der Waals surface area contributed by atoms with Crippen molar-refractivity contribution in [3.05, 3.63) is 29.8 Å². The van der Waals surface area contributed by atoms with Crippen molar-refractivity contribution in [3.63, 3.8) is 0 Å². The summed E-state index contributed by atoms with van der Waals surface area (Å²) in [5.41, 5.74) is 0.508. The Morgan fingerprint density at radius 2 is 2.10 bits per heavy atom. The smallest absolute Gasteiger partial charge is 0.336 e. The van der Waals surface area contributed by atoms with Crippen LogP contribution in [-0.2, 0) is 0 Å². The predicted octanol–water partition coefficient (Wildman–Crippen LogP) is 2.24. The number of hydrogen-bond donors (Lipinski definition) is 2. The van der Waals surface area contributed by atoms with Gasteiger partial charge in [0.05, 0.1) is 13.7 Å². The van der Waals surface area contributed by atoms with E-state index in [0.717, 1.165) is 18.6 Å². The van der Waals surface area contributed by atoms with Crippen molar-refractivity contribution < 1.29 is 14.3 Å². The number of aromatic nitrogens is 3. The van der Waals surface area contributed by atoms with Gasteiger partial charge < -0.3 is 9.47 Å². The number of hydrogen-bond acceptors (Lipinski definition) is 5. The van der Waals surface area contributed by atoms with E-state index in [1.807, 2.05) is 0 Å². The summed E-state index contributed by atoms with van der Waals surface area (Å²) < 4.78 is 10.4. The van der Waals surface area contributed by atoms with Gasteiger partial charge in [0.15, 0.2) is 0 Å². The third-order valence-electron chi connectivity index (χ3n) is 2.76. The molecule has 7 heteroatoms. The topological polar surface area (TPSA) is 89.1 Å². The average Bonchev–Trinajstić information content (AvgIpc) is 2.96. The molecule has 21 heavy (non-hydrogen) atoms. The first-order chi connectivity index (χ1) is 10.2. The average molecular weight is 290 g/mol. The number of H-pyrrole nitrogens is 1. The highest BCUT2D eigenvalue weighted by Crippen LogP contribution is 2.14. The molecule has 2 aromatic rings. The van der Waals surface area contributed by atoms with Crippen LogP contribution < -0.4 is 14.8 Å². The molecule has 0 spiro atoms. The third kappa shape index (κ3) is 4.20. The van der Waals surface area contributed by atoms with Gasteiger partial charge in [-0.3, -0.25) is 10.1 Å². The molecule has 0 aliphatic heterocycles. The Labute approximate surface area is 122 Å². The number of carbonyl (C=O) groups excluding carboxylic acids is 1. The van der Waals surface area contributed by atoms with E-state index in [1.54, 1.807) is 24.3 Å². The summed E-state index contributed by atoms with van der Waals surface area (Å²) in [6, 6.07) is 7.11. The second kappa shape index (κ2) is 7.28. The highest BCUT2D eigenvalue weighted by molar-refractivity contribution is 6.03. The van der Waals surface area contributed by atoms with Crippen LogP contribution in [0.15, 0.2) is 24.3 Å². The first-order valence-electron chi connectivity index (χ1n) is 6.73. The minimum absolute atomic E-state index is 0.171. The maximum atomic E-state index is 12.0. The van der Waals surface area contributed by atoms with Gasteiger partial charge in [-0.2, -0.15) is 4.98 Å². The molecule has 112 valence electrons. The molecule has 1 heterocycles. The molecule has 1 aromatic carbocycles. The summed E-state index contributed by atoms with van der Waals surface area (Å²) in [7, 11) is 1.45. The van der Waals surface area contributed by atoms with E-state index in [0.29, 0.717) is 12.2 Å². The SMILES string of the molecule is CCCCOc1ccc(C(=O)Nc2nc(OC)n[nH]2)cc1. The first kappa shape index (κ1) is 14.8. The Morgan fingerprint density at radius 1 is 1.33 bits per heavy atom. The Kier molecular flexibility index (Phi) is 5.14.